The number of carbonyl (C=O) groups is 1. The van der Waals surface area contributed by atoms with Crippen LogP contribution in [0.4, 0.5) is 0 Å². The van der Waals surface area contributed by atoms with Crippen LogP contribution in [0, 0.1) is 0 Å². The van der Waals surface area contributed by atoms with Crippen LogP contribution in [0.2, 0.25) is 0 Å². The first-order valence-corrected chi connectivity index (χ1v) is 7.56. The van der Waals surface area contributed by atoms with Crippen molar-refractivity contribution in [2.75, 3.05) is 0 Å². The normalized spacial score (nSPS) is 10.8. The maximum absolute atomic E-state index is 10.7. The molecular formula is C19H14N2O3. The number of benzene rings is 2. The molecule has 0 fully saturated rings. The molecule has 118 valence electrons. The second-order valence-corrected chi connectivity index (χ2v) is 5.34. The second kappa shape index (κ2) is 6.04. The van der Waals surface area contributed by atoms with E-state index >= 15 is 0 Å². The second-order valence-electron chi connectivity index (χ2n) is 5.34. The first-order valence-electron chi connectivity index (χ1n) is 7.56. The van der Waals surface area contributed by atoms with Crippen LogP contribution in [0.5, 0.6) is 11.8 Å². The van der Waals surface area contributed by atoms with Gasteiger partial charge in [-0.1, -0.05) is 42.5 Å². The summed E-state index contributed by atoms with van der Waals surface area (Å²) in [5.41, 5.74) is 2.12. The number of aldehydes is 1. The van der Waals surface area contributed by atoms with E-state index in [0.29, 0.717) is 18.7 Å². The molecule has 0 unspecified atom stereocenters. The summed E-state index contributed by atoms with van der Waals surface area (Å²) in [5, 5.41) is 5.45. The lowest BCUT2D eigenvalue weighted by Gasteiger charge is -2.02. The third-order valence-electron chi connectivity index (χ3n) is 3.71. The Kier molecular flexibility index (Phi) is 3.59. The van der Waals surface area contributed by atoms with Crippen molar-refractivity contribution in [3.05, 3.63) is 78.1 Å². The van der Waals surface area contributed by atoms with Crippen LogP contribution in [-0.4, -0.2) is 16.1 Å². The third kappa shape index (κ3) is 2.67. The Balaban J connectivity index is 1.72. The van der Waals surface area contributed by atoms with Crippen molar-refractivity contribution < 1.29 is 13.9 Å². The van der Waals surface area contributed by atoms with Crippen LogP contribution in [0.15, 0.2) is 71.1 Å². The fraction of sp³-hybridized carbons (Fsp3) is 0.0526. The zero-order valence-corrected chi connectivity index (χ0v) is 12.8. The average molecular weight is 318 g/mol. The highest BCUT2D eigenvalue weighted by molar-refractivity contribution is 5.84. The van der Waals surface area contributed by atoms with Crippen molar-refractivity contribution in [2.45, 2.75) is 6.54 Å². The highest BCUT2D eigenvalue weighted by atomic mass is 16.6. The predicted octanol–water partition coefficient (Wildman–Crippen LogP) is 4.28. The van der Waals surface area contributed by atoms with Gasteiger partial charge in [0, 0.05) is 6.07 Å². The van der Waals surface area contributed by atoms with Crippen molar-refractivity contribution in [1.29, 1.82) is 0 Å². The molecule has 4 rings (SSSR count). The Morgan fingerprint density at radius 3 is 2.58 bits per heavy atom. The summed E-state index contributed by atoms with van der Waals surface area (Å²) in [6, 6.07) is 21.1. The Morgan fingerprint density at radius 2 is 1.79 bits per heavy atom. The zero-order valence-electron chi connectivity index (χ0n) is 12.8. The molecule has 0 saturated heterocycles. The van der Waals surface area contributed by atoms with E-state index < -0.39 is 0 Å². The monoisotopic (exact) mass is 318 g/mol. The SMILES string of the molecule is O=Cc1ccc(Oc2nn(Cc3ccccc3)c3ccccc23)o1. The van der Waals surface area contributed by atoms with Gasteiger partial charge in [-0.15, -0.1) is 5.10 Å². The minimum absolute atomic E-state index is 0.220. The van der Waals surface area contributed by atoms with Crippen LogP contribution in [0.25, 0.3) is 10.9 Å². The molecule has 24 heavy (non-hydrogen) atoms. The maximum atomic E-state index is 10.7. The molecule has 2 heterocycles. The fourth-order valence-corrected chi connectivity index (χ4v) is 2.60. The minimum atomic E-state index is 0.220. The largest absolute Gasteiger partial charge is 0.422 e. The van der Waals surface area contributed by atoms with Crippen LogP contribution >= 0.6 is 0 Å². The number of carbonyl (C=O) groups excluding carboxylic acids is 1. The molecule has 0 atom stereocenters. The van der Waals surface area contributed by atoms with Crippen LogP contribution in [-0.2, 0) is 6.54 Å². The number of nitrogens with zero attached hydrogens (tertiary/aromatic N) is 2. The highest BCUT2D eigenvalue weighted by Gasteiger charge is 2.14. The summed E-state index contributed by atoms with van der Waals surface area (Å²) in [7, 11) is 0. The molecule has 0 saturated carbocycles. The van der Waals surface area contributed by atoms with Gasteiger partial charge in [0.25, 0.3) is 5.95 Å². The Morgan fingerprint density at radius 1 is 1.00 bits per heavy atom. The molecule has 0 bridgehead atoms. The predicted molar refractivity (Wildman–Crippen MR) is 89.4 cm³/mol. The van der Waals surface area contributed by atoms with Gasteiger partial charge in [0.1, 0.15) is 0 Å². The summed E-state index contributed by atoms with van der Waals surface area (Å²) in [5.74, 6) is 0.915. The highest BCUT2D eigenvalue weighted by Crippen LogP contribution is 2.30. The number of fused-ring (bicyclic) bond motifs is 1. The Bertz CT molecular complexity index is 986. The topological polar surface area (TPSA) is 57.3 Å². The quantitative estimate of drug-likeness (QED) is 0.515. The standard InChI is InChI=1S/C19H14N2O3/c22-13-15-10-11-18(23-15)24-19-16-8-4-5-9-17(16)21(20-19)12-14-6-2-1-3-7-14/h1-11,13H,12H2. The number of para-hydroxylation sites is 1. The third-order valence-corrected chi connectivity index (χ3v) is 3.71. The van der Waals surface area contributed by atoms with Crippen LogP contribution < -0.4 is 4.74 Å². The van der Waals surface area contributed by atoms with E-state index in [9.17, 15) is 4.79 Å². The molecule has 5 nitrogen and oxygen atoms in total. The molecule has 0 aliphatic heterocycles. The van der Waals surface area contributed by atoms with E-state index in [2.05, 4.69) is 17.2 Å². The molecule has 0 spiro atoms. The van der Waals surface area contributed by atoms with E-state index in [1.807, 2.05) is 47.1 Å². The lowest BCUT2D eigenvalue weighted by molar-refractivity contribution is 0.109. The number of ether oxygens (including phenoxy) is 1. The van der Waals surface area contributed by atoms with Gasteiger partial charge in [-0.3, -0.25) is 9.48 Å². The van der Waals surface area contributed by atoms with Crippen molar-refractivity contribution >= 4 is 17.2 Å². The van der Waals surface area contributed by atoms with Gasteiger partial charge >= 0.3 is 0 Å². The summed E-state index contributed by atoms with van der Waals surface area (Å²) in [4.78, 5) is 10.7. The van der Waals surface area contributed by atoms with Gasteiger partial charge in [-0.2, -0.15) is 0 Å². The molecule has 0 N–H and O–H groups in total. The first-order chi connectivity index (χ1) is 11.8. The molecule has 0 amide bonds. The van der Waals surface area contributed by atoms with Gasteiger partial charge in [0.05, 0.1) is 17.4 Å². The number of rotatable bonds is 5. The van der Waals surface area contributed by atoms with Crippen molar-refractivity contribution in [1.82, 2.24) is 9.78 Å². The molecule has 0 radical (unpaired) electrons. The lowest BCUT2D eigenvalue weighted by Crippen LogP contribution is -2.01. The number of aromatic nitrogens is 2. The van der Waals surface area contributed by atoms with E-state index in [4.69, 9.17) is 9.15 Å². The van der Waals surface area contributed by atoms with E-state index in [1.54, 1.807) is 12.1 Å². The van der Waals surface area contributed by atoms with Crippen LogP contribution in [0.1, 0.15) is 16.1 Å². The Hall–Kier alpha value is -3.34. The van der Waals surface area contributed by atoms with Crippen molar-refractivity contribution in [2.24, 2.45) is 0 Å². The maximum Gasteiger partial charge on any atom is 0.291 e. The molecule has 2 aromatic heterocycles. The smallest absolute Gasteiger partial charge is 0.291 e. The first kappa shape index (κ1) is 14.3. The molecule has 2 aromatic carbocycles. The zero-order chi connectivity index (χ0) is 16.4. The lowest BCUT2D eigenvalue weighted by atomic mass is 10.2. The van der Waals surface area contributed by atoms with Gasteiger partial charge < -0.3 is 9.15 Å². The molecule has 4 aromatic rings. The van der Waals surface area contributed by atoms with E-state index in [-0.39, 0.29) is 11.7 Å². The van der Waals surface area contributed by atoms with Gasteiger partial charge in [-0.25, -0.2) is 0 Å². The molecule has 0 aliphatic carbocycles. The van der Waals surface area contributed by atoms with E-state index in [1.165, 1.54) is 0 Å². The van der Waals surface area contributed by atoms with Gasteiger partial charge in [0.15, 0.2) is 12.0 Å². The summed E-state index contributed by atoms with van der Waals surface area (Å²) in [6.07, 6.45) is 0.638. The van der Waals surface area contributed by atoms with Crippen molar-refractivity contribution in [3.63, 3.8) is 0 Å². The van der Waals surface area contributed by atoms with Gasteiger partial charge in [-0.05, 0) is 23.8 Å². The summed E-state index contributed by atoms with van der Waals surface area (Å²) in [6.45, 7) is 0.641. The summed E-state index contributed by atoms with van der Waals surface area (Å²) >= 11 is 0. The average Bonchev–Trinajstić information content (AvgIpc) is 3.22. The number of hydrogen-bond acceptors (Lipinski definition) is 4. The molecule has 5 heteroatoms. The molecular weight excluding hydrogens is 304 g/mol. The summed E-state index contributed by atoms with van der Waals surface area (Å²) < 4.78 is 12.9. The van der Waals surface area contributed by atoms with Crippen molar-refractivity contribution in [3.8, 4) is 11.8 Å². The number of furan rings is 1. The Labute approximate surface area is 138 Å². The fourth-order valence-electron chi connectivity index (χ4n) is 2.60. The van der Waals surface area contributed by atoms with E-state index in [0.717, 1.165) is 16.5 Å². The molecule has 0 aliphatic rings. The minimum Gasteiger partial charge on any atom is -0.422 e. The van der Waals surface area contributed by atoms with Gasteiger partial charge in [0.2, 0.25) is 5.88 Å². The van der Waals surface area contributed by atoms with Crippen LogP contribution in [0.3, 0.4) is 0 Å². The number of hydrogen-bond donors (Lipinski definition) is 0.